The molecule has 1 N–H and O–H groups in total. The Hall–Kier alpha value is -3.22. The largest absolute Gasteiger partial charge is 0.354 e. The highest BCUT2D eigenvalue weighted by Gasteiger charge is 2.51. The van der Waals surface area contributed by atoms with E-state index in [0.29, 0.717) is 43.8 Å². The van der Waals surface area contributed by atoms with Crippen LogP contribution in [0.3, 0.4) is 0 Å². The van der Waals surface area contributed by atoms with Crippen molar-refractivity contribution in [3.8, 4) is 0 Å². The number of nitrogens with one attached hydrogen (secondary N) is 1. The van der Waals surface area contributed by atoms with Crippen LogP contribution >= 0.6 is 0 Å². The number of aromatic nitrogens is 3. The first kappa shape index (κ1) is 17.8. The normalized spacial score (nSPS) is 21.7. The predicted molar refractivity (Wildman–Crippen MR) is 108 cm³/mol. The molecule has 148 valence electrons. The minimum Gasteiger partial charge on any atom is -0.354 e. The van der Waals surface area contributed by atoms with Crippen LogP contribution in [0.5, 0.6) is 0 Å². The molecule has 1 unspecified atom stereocenters. The number of amides is 2. The minimum absolute atomic E-state index is 0.0271. The molecule has 0 bridgehead atoms. The zero-order valence-corrected chi connectivity index (χ0v) is 16.2. The van der Waals surface area contributed by atoms with Crippen molar-refractivity contribution >= 4 is 22.8 Å². The Bertz CT molecular complexity index is 1080. The standard InChI is InChI=1S/C22H23N5O2/c28-20(26-14-6-11-22(26)10-5-13-24-21(22)29)18-17-9-4-12-23-19(17)27(25-18)15-16-7-2-1-3-8-16/h1-4,7-9,12H,5-6,10-11,13-15H2,(H,24,29). The van der Waals surface area contributed by atoms with E-state index in [-0.39, 0.29) is 11.8 Å². The van der Waals surface area contributed by atoms with E-state index >= 15 is 0 Å². The van der Waals surface area contributed by atoms with Crippen LogP contribution in [0.4, 0.5) is 0 Å². The number of rotatable bonds is 3. The van der Waals surface area contributed by atoms with Crippen molar-refractivity contribution < 1.29 is 9.59 Å². The highest BCUT2D eigenvalue weighted by molar-refractivity contribution is 6.06. The van der Waals surface area contributed by atoms with Crippen molar-refractivity contribution in [1.82, 2.24) is 25.0 Å². The van der Waals surface area contributed by atoms with Crippen LogP contribution in [0.1, 0.15) is 41.7 Å². The molecule has 0 aliphatic carbocycles. The number of hydrogen-bond donors (Lipinski definition) is 1. The third-order valence-corrected chi connectivity index (χ3v) is 6.09. The molecule has 29 heavy (non-hydrogen) atoms. The summed E-state index contributed by atoms with van der Waals surface area (Å²) in [6.45, 7) is 1.80. The second-order valence-electron chi connectivity index (χ2n) is 7.82. The van der Waals surface area contributed by atoms with Crippen LogP contribution < -0.4 is 5.32 Å². The Balaban J connectivity index is 1.55. The molecule has 2 fully saturated rings. The van der Waals surface area contributed by atoms with Gasteiger partial charge in [-0.25, -0.2) is 9.67 Å². The van der Waals surface area contributed by atoms with Crippen molar-refractivity contribution in [2.24, 2.45) is 0 Å². The van der Waals surface area contributed by atoms with Crippen molar-refractivity contribution in [2.75, 3.05) is 13.1 Å². The van der Waals surface area contributed by atoms with Crippen molar-refractivity contribution in [1.29, 1.82) is 0 Å². The molecule has 1 atom stereocenters. The zero-order valence-electron chi connectivity index (χ0n) is 16.2. The SMILES string of the molecule is O=C(c1nn(Cc2ccccc2)c2ncccc12)N1CCCC12CCCNC2=O. The smallest absolute Gasteiger partial charge is 0.275 e. The maximum absolute atomic E-state index is 13.6. The molecule has 2 aliphatic rings. The molecule has 2 saturated heterocycles. The number of piperidine rings is 1. The van der Waals surface area contributed by atoms with Gasteiger partial charge < -0.3 is 10.2 Å². The molecule has 1 spiro atoms. The molecule has 2 amide bonds. The molecule has 0 radical (unpaired) electrons. The molecule has 7 nitrogen and oxygen atoms in total. The Morgan fingerprint density at radius 1 is 1.10 bits per heavy atom. The summed E-state index contributed by atoms with van der Waals surface area (Å²) in [5.74, 6) is -0.204. The summed E-state index contributed by atoms with van der Waals surface area (Å²) in [6, 6.07) is 13.7. The molecule has 4 heterocycles. The first-order valence-corrected chi connectivity index (χ1v) is 10.1. The predicted octanol–water partition coefficient (Wildman–Crippen LogP) is 2.36. The molecule has 5 rings (SSSR count). The first-order valence-electron chi connectivity index (χ1n) is 10.1. The number of hydrogen-bond acceptors (Lipinski definition) is 4. The summed E-state index contributed by atoms with van der Waals surface area (Å²) in [6.07, 6.45) is 4.86. The van der Waals surface area contributed by atoms with Gasteiger partial charge in [-0.1, -0.05) is 30.3 Å². The summed E-state index contributed by atoms with van der Waals surface area (Å²) in [5.41, 5.74) is 1.42. The van der Waals surface area contributed by atoms with Crippen molar-refractivity contribution in [2.45, 2.75) is 37.8 Å². The molecule has 2 aliphatic heterocycles. The van der Waals surface area contributed by atoms with Gasteiger partial charge in [0.1, 0.15) is 5.54 Å². The lowest BCUT2D eigenvalue weighted by Gasteiger charge is -2.39. The Labute approximate surface area is 168 Å². The zero-order chi connectivity index (χ0) is 19.8. The van der Waals surface area contributed by atoms with Gasteiger partial charge in [-0.2, -0.15) is 5.10 Å². The molecule has 2 aromatic heterocycles. The lowest BCUT2D eigenvalue weighted by molar-refractivity contribution is -0.133. The van der Waals surface area contributed by atoms with Crippen LogP contribution in [-0.4, -0.2) is 50.1 Å². The van der Waals surface area contributed by atoms with Gasteiger partial charge >= 0.3 is 0 Å². The summed E-state index contributed by atoms with van der Waals surface area (Å²) in [7, 11) is 0. The van der Waals surface area contributed by atoms with Gasteiger partial charge in [0.05, 0.1) is 11.9 Å². The van der Waals surface area contributed by atoms with Crippen LogP contribution in [0.2, 0.25) is 0 Å². The maximum Gasteiger partial charge on any atom is 0.275 e. The average molecular weight is 389 g/mol. The van der Waals surface area contributed by atoms with Gasteiger partial charge in [0.25, 0.3) is 5.91 Å². The lowest BCUT2D eigenvalue weighted by Crippen LogP contribution is -2.60. The molecular weight excluding hydrogens is 366 g/mol. The molecule has 1 aromatic carbocycles. The number of pyridine rings is 1. The Morgan fingerprint density at radius 2 is 1.93 bits per heavy atom. The van der Waals surface area contributed by atoms with E-state index in [1.165, 1.54) is 0 Å². The maximum atomic E-state index is 13.6. The Morgan fingerprint density at radius 3 is 2.76 bits per heavy atom. The highest BCUT2D eigenvalue weighted by atomic mass is 16.2. The second kappa shape index (κ2) is 6.99. The van der Waals surface area contributed by atoms with Crippen LogP contribution in [0, 0.1) is 0 Å². The van der Waals surface area contributed by atoms with E-state index in [1.807, 2.05) is 42.5 Å². The van der Waals surface area contributed by atoms with E-state index in [1.54, 1.807) is 15.8 Å². The van der Waals surface area contributed by atoms with Crippen LogP contribution in [0.25, 0.3) is 11.0 Å². The van der Waals surface area contributed by atoms with E-state index in [4.69, 9.17) is 0 Å². The third kappa shape index (κ3) is 2.88. The lowest BCUT2D eigenvalue weighted by atomic mass is 9.86. The number of benzene rings is 1. The fourth-order valence-electron chi connectivity index (χ4n) is 4.69. The van der Waals surface area contributed by atoms with Crippen LogP contribution in [0.15, 0.2) is 48.7 Å². The molecule has 7 heteroatoms. The topological polar surface area (TPSA) is 80.1 Å². The quantitative estimate of drug-likeness (QED) is 0.746. The monoisotopic (exact) mass is 389 g/mol. The first-order chi connectivity index (χ1) is 14.2. The van der Waals surface area contributed by atoms with E-state index in [9.17, 15) is 9.59 Å². The highest BCUT2D eigenvalue weighted by Crippen LogP contribution is 2.37. The van der Waals surface area contributed by atoms with Gasteiger partial charge in [-0.05, 0) is 43.4 Å². The molecule has 0 saturated carbocycles. The van der Waals surface area contributed by atoms with Gasteiger partial charge in [0, 0.05) is 19.3 Å². The number of likely N-dealkylation sites (tertiary alicyclic amines) is 1. The summed E-state index contributed by atoms with van der Waals surface area (Å²) in [5, 5.41) is 8.35. The fourth-order valence-corrected chi connectivity index (χ4v) is 4.69. The van der Waals surface area contributed by atoms with E-state index in [2.05, 4.69) is 15.4 Å². The number of fused-ring (bicyclic) bond motifs is 1. The van der Waals surface area contributed by atoms with Crippen molar-refractivity contribution in [3.63, 3.8) is 0 Å². The van der Waals surface area contributed by atoms with E-state index in [0.717, 1.165) is 23.8 Å². The molecule has 3 aromatic rings. The van der Waals surface area contributed by atoms with Crippen molar-refractivity contribution in [3.05, 3.63) is 59.9 Å². The summed E-state index contributed by atoms with van der Waals surface area (Å²) < 4.78 is 1.78. The van der Waals surface area contributed by atoms with Crippen LogP contribution in [-0.2, 0) is 11.3 Å². The summed E-state index contributed by atoms with van der Waals surface area (Å²) >= 11 is 0. The fraction of sp³-hybridized carbons (Fsp3) is 0.364. The van der Waals surface area contributed by atoms with E-state index < -0.39 is 5.54 Å². The minimum atomic E-state index is -0.729. The Kier molecular flexibility index (Phi) is 4.30. The second-order valence-corrected chi connectivity index (χ2v) is 7.82. The van der Waals surface area contributed by atoms with Gasteiger partial charge in [0.15, 0.2) is 11.3 Å². The number of nitrogens with zero attached hydrogens (tertiary/aromatic N) is 4. The van der Waals surface area contributed by atoms with Gasteiger partial charge in [-0.15, -0.1) is 0 Å². The van der Waals surface area contributed by atoms with Gasteiger partial charge in [0.2, 0.25) is 5.91 Å². The number of carbonyl (C=O) groups excluding carboxylic acids is 2. The third-order valence-electron chi connectivity index (χ3n) is 6.09. The average Bonchev–Trinajstić information content (AvgIpc) is 3.34. The summed E-state index contributed by atoms with van der Waals surface area (Å²) in [4.78, 5) is 32.5. The van der Waals surface area contributed by atoms with Gasteiger partial charge in [-0.3, -0.25) is 9.59 Å². The number of carbonyl (C=O) groups is 2. The molecular formula is C22H23N5O2.